The summed E-state index contributed by atoms with van der Waals surface area (Å²) in [7, 11) is -3.91. The normalized spacial score (nSPS) is 28.3. The maximum absolute atomic E-state index is 14.1. The van der Waals surface area contributed by atoms with Gasteiger partial charge in [-0.25, -0.2) is 8.42 Å². The van der Waals surface area contributed by atoms with Crippen LogP contribution in [0.3, 0.4) is 0 Å². The Morgan fingerprint density at radius 1 is 1.12 bits per heavy atom. The van der Waals surface area contributed by atoms with Gasteiger partial charge in [-0.15, -0.1) is 6.58 Å². The minimum absolute atomic E-state index is 0.0105. The number of carbonyl (C=O) groups excluding carboxylic acids is 1. The molecule has 0 radical (unpaired) electrons. The molecule has 2 saturated carbocycles. The molecule has 0 unspecified atom stereocenters. The van der Waals surface area contributed by atoms with Gasteiger partial charge < -0.3 is 4.74 Å². The van der Waals surface area contributed by atoms with Crippen LogP contribution in [0.15, 0.2) is 78.2 Å². The molecule has 2 aliphatic rings. The maximum Gasteiger partial charge on any atom is 0.306 e. The zero-order chi connectivity index (χ0) is 24.7. The lowest BCUT2D eigenvalue weighted by atomic mass is 9.70. The minimum atomic E-state index is -3.91. The second-order valence-electron chi connectivity index (χ2n) is 10.6. The highest BCUT2D eigenvalue weighted by atomic mass is 32.2. The second kappa shape index (κ2) is 8.88. The number of fused-ring (bicyclic) bond motifs is 2. The number of ether oxygens (including phenoxy) is 1. The van der Waals surface area contributed by atoms with Crippen molar-refractivity contribution >= 4 is 21.7 Å². The molecule has 0 N–H and O–H groups in total. The highest BCUT2D eigenvalue weighted by Crippen LogP contribution is 2.67. The number of hydrogen-bond donors (Lipinski definition) is 0. The number of allylic oxidation sites excluding steroid dienone is 1. The summed E-state index contributed by atoms with van der Waals surface area (Å²) in [5, 5.41) is 0. The Labute approximate surface area is 203 Å². The van der Waals surface area contributed by atoms with Gasteiger partial charge in [0.05, 0.1) is 23.0 Å². The average Bonchev–Trinajstić information content (AvgIpc) is 3.13. The summed E-state index contributed by atoms with van der Waals surface area (Å²) >= 11 is 0. The van der Waals surface area contributed by atoms with Crippen LogP contribution in [-0.2, 0) is 19.6 Å². The molecule has 0 spiro atoms. The molecule has 2 fully saturated rings. The zero-order valence-electron chi connectivity index (χ0n) is 20.5. The summed E-state index contributed by atoms with van der Waals surface area (Å²) in [5.41, 5.74) is 0.0457. The Hall–Kier alpha value is -2.60. The van der Waals surface area contributed by atoms with E-state index in [-0.39, 0.29) is 40.0 Å². The molecule has 2 bridgehead atoms. The van der Waals surface area contributed by atoms with Gasteiger partial charge in [0.2, 0.25) is 0 Å². The van der Waals surface area contributed by atoms with E-state index in [4.69, 9.17) is 4.74 Å². The van der Waals surface area contributed by atoms with Gasteiger partial charge in [-0.2, -0.15) is 0 Å². The Morgan fingerprint density at radius 3 is 2.29 bits per heavy atom. The lowest BCUT2D eigenvalue weighted by Crippen LogP contribution is -2.53. The third-order valence-corrected chi connectivity index (χ3v) is 10.3. The Kier molecular flexibility index (Phi) is 6.40. The van der Waals surface area contributed by atoms with Crippen molar-refractivity contribution in [3.8, 4) is 0 Å². The number of hydrogen-bond acceptors (Lipinski definition) is 4. The van der Waals surface area contributed by atoms with E-state index in [2.05, 4.69) is 27.4 Å². The zero-order valence-corrected chi connectivity index (χ0v) is 21.3. The lowest BCUT2D eigenvalue weighted by molar-refractivity contribution is -0.158. The fraction of sp³-hybridized carbons (Fsp3) is 0.464. The lowest BCUT2D eigenvalue weighted by Gasteiger charge is -2.42. The molecule has 5 nitrogen and oxygen atoms in total. The molecule has 0 heterocycles. The van der Waals surface area contributed by atoms with E-state index in [0.29, 0.717) is 5.69 Å². The summed E-state index contributed by atoms with van der Waals surface area (Å²) in [4.78, 5) is 13.2. The minimum Gasteiger partial charge on any atom is -0.459 e. The van der Waals surface area contributed by atoms with Crippen LogP contribution >= 0.6 is 0 Å². The van der Waals surface area contributed by atoms with Crippen molar-refractivity contribution in [2.45, 2.75) is 64.0 Å². The standard InChI is InChI=1S/C28H35NO4S/c1-6-20(2)19-24(30)33-26-25(23-17-18-28(26,5)27(23,3)4)29(21-13-9-7-10-14-21)34(31,32)22-15-11-8-12-16-22/h6-16,20,23,25-26H,1,17-19H2,2-5H3/t20-,23+,25-,26-,28-/m0/s1. The number of nitrogens with zero attached hydrogens (tertiary/aromatic N) is 1. The molecular formula is C28H35NO4S. The fourth-order valence-electron chi connectivity index (χ4n) is 6.03. The number of para-hydroxylation sites is 1. The van der Waals surface area contributed by atoms with Crippen LogP contribution in [0.25, 0.3) is 0 Å². The summed E-state index contributed by atoms with van der Waals surface area (Å²) < 4.78 is 36.0. The van der Waals surface area contributed by atoms with Crippen molar-refractivity contribution in [1.82, 2.24) is 0 Å². The fourth-order valence-corrected chi connectivity index (χ4v) is 7.74. The Morgan fingerprint density at radius 2 is 1.71 bits per heavy atom. The third-order valence-electron chi connectivity index (χ3n) is 8.45. The van der Waals surface area contributed by atoms with Crippen LogP contribution in [0.4, 0.5) is 5.69 Å². The molecule has 6 heteroatoms. The first-order chi connectivity index (χ1) is 16.0. The van der Waals surface area contributed by atoms with Gasteiger partial charge in [0.25, 0.3) is 10.0 Å². The van der Waals surface area contributed by atoms with Crippen molar-refractivity contribution in [3.05, 3.63) is 73.3 Å². The highest BCUT2D eigenvalue weighted by molar-refractivity contribution is 7.92. The number of sulfonamides is 1. The van der Waals surface area contributed by atoms with Gasteiger partial charge in [-0.3, -0.25) is 9.10 Å². The first-order valence-electron chi connectivity index (χ1n) is 12.0. The van der Waals surface area contributed by atoms with Gasteiger partial charge in [-0.05, 0) is 54.4 Å². The molecule has 4 rings (SSSR count). The molecule has 2 aliphatic carbocycles. The van der Waals surface area contributed by atoms with Crippen LogP contribution in [0, 0.1) is 22.7 Å². The highest BCUT2D eigenvalue weighted by Gasteiger charge is 2.70. The number of rotatable bonds is 8. The number of esters is 1. The number of benzene rings is 2. The van der Waals surface area contributed by atoms with E-state index >= 15 is 0 Å². The Bertz CT molecular complexity index is 1150. The van der Waals surface area contributed by atoms with Crippen LogP contribution in [0.5, 0.6) is 0 Å². The molecule has 0 saturated heterocycles. The smallest absolute Gasteiger partial charge is 0.306 e. The van der Waals surface area contributed by atoms with Crippen LogP contribution in [0.2, 0.25) is 0 Å². The van der Waals surface area contributed by atoms with Gasteiger partial charge in [0.15, 0.2) is 0 Å². The quantitative estimate of drug-likeness (QED) is 0.351. The molecule has 2 aromatic carbocycles. The molecule has 2 aromatic rings. The molecule has 34 heavy (non-hydrogen) atoms. The van der Waals surface area contributed by atoms with Crippen LogP contribution < -0.4 is 4.31 Å². The van der Waals surface area contributed by atoms with E-state index in [1.165, 1.54) is 4.31 Å². The maximum atomic E-state index is 14.1. The Balaban J connectivity index is 1.85. The van der Waals surface area contributed by atoms with Gasteiger partial charge in [-0.1, -0.05) is 70.2 Å². The van der Waals surface area contributed by atoms with E-state index in [1.54, 1.807) is 36.4 Å². The van der Waals surface area contributed by atoms with Crippen LogP contribution in [-0.4, -0.2) is 26.5 Å². The molecule has 182 valence electrons. The van der Waals surface area contributed by atoms with Crippen molar-refractivity contribution in [2.75, 3.05) is 4.31 Å². The third kappa shape index (κ3) is 3.86. The molecule has 5 atom stereocenters. The topological polar surface area (TPSA) is 63.7 Å². The van der Waals surface area contributed by atoms with Crippen LogP contribution in [0.1, 0.15) is 47.0 Å². The van der Waals surface area contributed by atoms with Crippen molar-refractivity contribution in [2.24, 2.45) is 22.7 Å². The largest absolute Gasteiger partial charge is 0.459 e. The first kappa shape index (κ1) is 24.5. The summed E-state index contributed by atoms with van der Waals surface area (Å²) in [5.74, 6) is -0.272. The SMILES string of the molecule is C=C[C@H](C)CC(=O)O[C@H]1[C@@H](N(c2ccccc2)S(=O)(=O)c2ccccc2)[C@H]2CC[C@]1(C)C2(C)C. The molecule has 0 aliphatic heterocycles. The monoisotopic (exact) mass is 481 g/mol. The first-order valence-corrected chi connectivity index (χ1v) is 13.4. The second-order valence-corrected chi connectivity index (χ2v) is 12.4. The van der Waals surface area contributed by atoms with E-state index < -0.39 is 22.2 Å². The molecular weight excluding hydrogens is 446 g/mol. The average molecular weight is 482 g/mol. The van der Waals surface area contributed by atoms with Gasteiger partial charge in [0.1, 0.15) is 6.10 Å². The van der Waals surface area contributed by atoms with Gasteiger partial charge in [0, 0.05) is 5.41 Å². The summed E-state index contributed by atoms with van der Waals surface area (Å²) in [6, 6.07) is 17.2. The molecule has 0 amide bonds. The summed E-state index contributed by atoms with van der Waals surface area (Å²) in [6.07, 6.45) is 3.19. The van der Waals surface area contributed by atoms with E-state index in [1.807, 2.05) is 37.3 Å². The predicted molar refractivity (Wildman–Crippen MR) is 135 cm³/mol. The van der Waals surface area contributed by atoms with E-state index in [9.17, 15) is 13.2 Å². The molecule has 0 aromatic heterocycles. The van der Waals surface area contributed by atoms with Crippen molar-refractivity contribution < 1.29 is 17.9 Å². The number of anilines is 1. The van der Waals surface area contributed by atoms with Crippen molar-refractivity contribution in [1.29, 1.82) is 0 Å². The summed E-state index contributed by atoms with van der Waals surface area (Å²) in [6.45, 7) is 12.2. The number of carbonyl (C=O) groups is 1. The van der Waals surface area contributed by atoms with Gasteiger partial charge >= 0.3 is 5.97 Å². The van der Waals surface area contributed by atoms with Crippen molar-refractivity contribution in [3.63, 3.8) is 0 Å². The predicted octanol–water partition coefficient (Wildman–Crippen LogP) is 5.83. The van der Waals surface area contributed by atoms with E-state index in [0.717, 1.165) is 12.8 Å².